The van der Waals surface area contributed by atoms with Gasteiger partial charge in [-0.2, -0.15) is 0 Å². The number of anilines is 1. The summed E-state index contributed by atoms with van der Waals surface area (Å²) in [5, 5.41) is 3.40. The van der Waals surface area contributed by atoms with E-state index in [0.29, 0.717) is 35.8 Å². The molecule has 0 radical (unpaired) electrons. The third kappa shape index (κ3) is 3.33. The molecule has 0 fully saturated rings. The smallest absolute Gasteiger partial charge is 0.224 e. The van der Waals surface area contributed by atoms with E-state index in [2.05, 4.69) is 10.3 Å². The molecular formula is C13H15ClN4O. The largest absolute Gasteiger partial charge is 0.330 e. The quantitative estimate of drug-likeness (QED) is 0.881. The van der Waals surface area contributed by atoms with Crippen LogP contribution in [0.3, 0.4) is 0 Å². The number of para-hydroxylation sites is 1. The zero-order valence-electron chi connectivity index (χ0n) is 10.3. The number of nitrogens with zero attached hydrogens (tertiary/aromatic N) is 2. The topological polar surface area (TPSA) is 72.9 Å². The number of carbonyl (C=O) groups is 1. The summed E-state index contributed by atoms with van der Waals surface area (Å²) < 4.78 is 1.76. The van der Waals surface area contributed by atoms with Gasteiger partial charge in [0, 0.05) is 18.8 Å². The molecule has 0 atom stereocenters. The second-order valence-corrected chi connectivity index (χ2v) is 4.45. The van der Waals surface area contributed by atoms with Crippen molar-refractivity contribution < 1.29 is 4.79 Å². The second kappa shape index (κ2) is 6.36. The molecule has 0 aliphatic carbocycles. The number of hydrogen-bond donors (Lipinski definition) is 2. The van der Waals surface area contributed by atoms with Gasteiger partial charge in [-0.25, -0.2) is 4.98 Å². The van der Waals surface area contributed by atoms with Crippen LogP contribution in [0.4, 0.5) is 5.69 Å². The molecule has 2 rings (SSSR count). The molecule has 0 aliphatic rings. The van der Waals surface area contributed by atoms with Crippen LogP contribution in [0.15, 0.2) is 36.9 Å². The summed E-state index contributed by atoms with van der Waals surface area (Å²) in [6.45, 7) is 0.497. The van der Waals surface area contributed by atoms with Gasteiger partial charge in [-0.3, -0.25) is 4.79 Å². The molecule has 1 heterocycles. The summed E-state index contributed by atoms with van der Waals surface area (Å²) in [6, 6.07) is 5.37. The van der Waals surface area contributed by atoms with Gasteiger partial charge in [0.2, 0.25) is 5.91 Å². The first-order valence-electron chi connectivity index (χ1n) is 5.99. The second-order valence-electron chi connectivity index (χ2n) is 4.05. The zero-order valence-corrected chi connectivity index (χ0v) is 11.1. The molecule has 0 unspecified atom stereocenters. The van der Waals surface area contributed by atoms with Gasteiger partial charge < -0.3 is 15.6 Å². The summed E-state index contributed by atoms with van der Waals surface area (Å²) in [6.07, 6.45) is 6.12. The van der Waals surface area contributed by atoms with E-state index in [0.717, 1.165) is 0 Å². The Bertz CT molecular complexity index is 554. The molecule has 5 nitrogen and oxygen atoms in total. The lowest BCUT2D eigenvalue weighted by molar-refractivity contribution is -0.116. The lowest BCUT2D eigenvalue weighted by Gasteiger charge is -2.13. The van der Waals surface area contributed by atoms with Crippen LogP contribution in [-0.4, -0.2) is 22.0 Å². The van der Waals surface area contributed by atoms with Crippen molar-refractivity contribution in [1.29, 1.82) is 0 Å². The number of amides is 1. The number of benzene rings is 1. The Morgan fingerprint density at radius 2 is 2.32 bits per heavy atom. The molecule has 0 spiro atoms. The number of aromatic nitrogens is 2. The van der Waals surface area contributed by atoms with Gasteiger partial charge in [0.15, 0.2) is 0 Å². The number of halogens is 1. The van der Waals surface area contributed by atoms with Crippen molar-refractivity contribution in [3.05, 3.63) is 41.9 Å². The van der Waals surface area contributed by atoms with Crippen molar-refractivity contribution in [2.45, 2.75) is 12.8 Å². The third-order valence-corrected chi connectivity index (χ3v) is 2.94. The van der Waals surface area contributed by atoms with Gasteiger partial charge >= 0.3 is 0 Å². The van der Waals surface area contributed by atoms with Crippen molar-refractivity contribution in [2.24, 2.45) is 5.73 Å². The highest BCUT2D eigenvalue weighted by atomic mass is 35.5. The molecule has 0 aliphatic heterocycles. The molecule has 1 amide bonds. The molecule has 0 saturated carbocycles. The van der Waals surface area contributed by atoms with E-state index < -0.39 is 0 Å². The molecule has 19 heavy (non-hydrogen) atoms. The maximum absolute atomic E-state index is 11.8. The number of hydrogen-bond acceptors (Lipinski definition) is 3. The molecule has 1 aromatic carbocycles. The van der Waals surface area contributed by atoms with Crippen molar-refractivity contribution in [3.8, 4) is 5.69 Å². The summed E-state index contributed by atoms with van der Waals surface area (Å²) in [5.41, 5.74) is 6.76. The highest BCUT2D eigenvalue weighted by Crippen LogP contribution is 2.28. The Balaban J connectivity index is 2.26. The average molecular weight is 279 g/mol. The SMILES string of the molecule is NCCCC(=O)Nc1cccc(Cl)c1-n1ccnc1. The van der Waals surface area contributed by atoms with Crippen molar-refractivity contribution in [1.82, 2.24) is 9.55 Å². The van der Waals surface area contributed by atoms with Gasteiger partial charge in [-0.1, -0.05) is 17.7 Å². The van der Waals surface area contributed by atoms with Crippen LogP contribution >= 0.6 is 11.6 Å². The zero-order chi connectivity index (χ0) is 13.7. The van der Waals surface area contributed by atoms with Crippen molar-refractivity contribution in [3.63, 3.8) is 0 Å². The molecule has 1 aromatic heterocycles. The van der Waals surface area contributed by atoms with Crippen LogP contribution in [0.2, 0.25) is 5.02 Å². The minimum Gasteiger partial charge on any atom is -0.330 e. The standard InChI is InChI=1S/C13H15ClN4O/c14-10-3-1-4-11(17-12(19)5-2-6-15)13(10)18-8-7-16-9-18/h1,3-4,7-9H,2,5-6,15H2,(H,17,19). The lowest BCUT2D eigenvalue weighted by atomic mass is 10.2. The van der Waals surface area contributed by atoms with E-state index in [1.807, 2.05) is 6.07 Å². The molecule has 0 saturated heterocycles. The number of nitrogens with two attached hydrogens (primary N) is 1. The first-order valence-corrected chi connectivity index (χ1v) is 6.37. The summed E-state index contributed by atoms with van der Waals surface area (Å²) >= 11 is 6.19. The van der Waals surface area contributed by atoms with E-state index >= 15 is 0 Å². The number of nitrogens with one attached hydrogen (secondary N) is 1. The van der Waals surface area contributed by atoms with Crippen LogP contribution in [0, 0.1) is 0 Å². The van der Waals surface area contributed by atoms with Crippen molar-refractivity contribution >= 4 is 23.2 Å². The summed E-state index contributed by atoms with van der Waals surface area (Å²) in [7, 11) is 0. The Kier molecular flexibility index (Phi) is 4.54. The third-order valence-electron chi connectivity index (χ3n) is 2.63. The maximum atomic E-state index is 11.8. The van der Waals surface area contributed by atoms with Crippen LogP contribution in [0.1, 0.15) is 12.8 Å². The van der Waals surface area contributed by atoms with Gasteiger partial charge in [0.25, 0.3) is 0 Å². The average Bonchev–Trinajstić information content (AvgIpc) is 2.90. The van der Waals surface area contributed by atoms with Crippen LogP contribution in [0.5, 0.6) is 0 Å². The maximum Gasteiger partial charge on any atom is 0.224 e. The number of imidazole rings is 1. The van der Waals surface area contributed by atoms with E-state index in [1.165, 1.54) is 0 Å². The molecule has 100 valence electrons. The molecule has 6 heteroatoms. The fraction of sp³-hybridized carbons (Fsp3) is 0.231. The molecule has 2 aromatic rings. The van der Waals surface area contributed by atoms with E-state index in [9.17, 15) is 4.79 Å². The normalized spacial score (nSPS) is 10.4. The van der Waals surface area contributed by atoms with Crippen molar-refractivity contribution in [2.75, 3.05) is 11.9 Å². The minimum atomic E-state index is -0.0749. The fourth-order valence-corrected chi connectivity index (χ4v) is 2.02. The molecular weight excluding hydrogens is 264 g/mol. The highest BCUT2D eigenvalue weighted by Gasteiger charge is 2.11. The highest BCUT2D eigenvalue weighted by molar-refractivity contribution is 6.33. The van der Waals surface area contributed by atoms with Gasteiger partial charge in [-0.05, 0) is 25.1 Å². The van der Waals surface area contributed by atoms with Gasteiger partial charge in [-0.15, -0.1) is 0 Å². The molecule has 3 N–H and O–H groups in total. The van der Waals surface area contributed by atoms with Crippen LogP contribution in [-0.2, 0) is 4.79 Å². The van der Waals surface area contributed by atoms with E-state index in [-0.39, 0.29) is 5.91 Å². The fourth-order valence-electron chi connectivity index (χ4n) is 1.75. The lowest BCUT2D eigenvalue weighted by Crippen LogP contribution is -2.15. The van der Waals surface area contributed by atoms with E-state index in [1.54, 1.807) is 35.4 Å². The predicted molar refractivity (Wildman–Crippen MR) is 75.5 cm³/mol. The Labute approximate surface area is 116 Å². The Morgan fingerprint density at radius 3 is 3.00 bits per heavy atom. The minimum absolute atomic E-state index is 0.0749. The first-order chi connectivity index (χ1) is 9.22. The van der Waals surface area contributed by atoms with Crippen LogP contribution in [0.25, 0.3) is 5.69 Å². The number of carbonyl (C=O) groups excluding carboxylic acids is 1. The van der Waals surface area contributed by atoms with Gasteiger partial charge in [0.05, 0.1) is 22.7 Å². The van der Waals surface area contributed by atoms with Gasteiger partial charge in [0.1, 0.15) is 0 Å². The number of rotatable bonds is 5. The molecule has 0 bridgehead atoms. The predicted octanol–water partition coefficient (Wildman–Crippen LogP) is 2.20. The summed E-state index contributed by atoms with van der Waals surface area (Å²) in [4.78, 5) is 15.8. The summed E-state index contributed by atoms with van der Waals surface area (Å²) in [5.74, 6) is -0.0749. The first kappa shape index (κ1) is 13.6. The Hall–Kier alpha value is -1.85. The van der Waals surface area contributed by atoms with Crippen LogP contribution < -0.4 is 11.1 Å². The monoisotopic (exact) mass is 278 g/mol. The Morgan fingerprint density at radius 1 is 1.47 bits per heavy atom. The van der Waals surface area contributed by atoms with E-state index in [4.69, 9.17) is 17.3 Å².